The lowest BCUT2D eigenvalue weighted by molar-refractivity contribution is 0.775. The average molecular weight is 775 g/mol. The van der Waals surface area contributed by atoms with Crippen LogP contribution in [0.2, 0.25) is 0 Å². The van der Waals surface area contributed by atoms with Gasteiger partial charge in [0, 0.05) is 16.7 Å². The predicted molar refractivity (Wildman–Crippen MR) is 251 cm³/mol. The minimum atomic E-state index is -0.539. The Morgan fingerprint density at radius 1 is 0.230 bits per heavy atom. The molecule has 12 rings (SSSR count). The van der Waals surface area contributed by atoms with Crippen molar-refractivity contribution in [3.8, 4) is 89.5 Å². The van der Waals surface area contributed by atoms with Crippen LogP contribution in [-0.2, 0) is 5.41 Å². The van der Waals surface area contributed by atoms with Gasteiger partial charge in [0.05, 0.1) is 16.8 Å². The molecule has 0 radical (unpaired) electrons. The van der Waals surface area contributed by atoms with Crippen LogP contribution in [0, 0.1) is 0 Å². The maximum absolute atomic E-state index is 5.39. The van der Waals surface area contributed by atoms with Crippen molar-refractivity contribution < 1.29 is 0 Å². The molecule has 0 amide bonds. The summed E-state index contributed by atoms with van der Waals surface area (Å²) in [6.07, 6.45) is 0. The van der Waals surface area contributed by atoms with Crippen molar-refractivity contribution in [1.29, 1.82) is 0 Å². The molecular formula is C59H38N2. The van der Waals surface area contributed by atoms with E-state index >= 15 is 0 Å². The maximum Gasteiger partial charge on any atom is 0.160 e. The molecule has 2 nitrogen and oxygen atoms in total. The molecule has 1 heterocycles. The summed E-state index contributed by atoms with van der Waals surface area (Å²) in [6.45, 7) is 0. The van der Waals surface area contributed by atoms with Crippen LogP contribution >= 0.6 is 0 Å². The summed E-state index contributed by atoms with van der Waals surface area (Å²) in [5.41, 5.74) is 21.6. The highest BCUT2D eigenvalue weighted by Gasteiger charge is 2.49. The van der Waals surface area contributed by atoms with Gasteiger partial charge in [-0.15, -0.1) is 0 Å². The fraction of sp³-hybridized carbons (Fsp3) is 0.0169. The third-order valence-electron chi connectivity index (χ3n) is 12.8. The van der Waals surface area contributed by atoms with E-state index in [9.17, 15) is 0 Å². The van der Waals surface area contributed by atoms with Gasteiger partial charge < -0.3 is 0 Å². The highest BCUT2D eigenvalue weighted by Crippen LogP contribution is 2.61. The standard InChI is InChI=1S/C59H38N2/c1-3-16-39(17-4-1)41-30-32-42(33-31-41)56-38-57(44-21-15-20-43(36-44)40-18-5-2-6-19-40)61-58(60-56)45-34-35-55-51(37-45)50-26-11-14-29-54(50)59(55)52-27-12-9-24-48(52)46-22-7-8-23-47(46)49-25-10-13-28-53(49)59/h1-38H. The normalized spacial score (nSPS) is 12.7. The number of hydrogen-bond acceptors (Lipinski definition) is 2. The molecule has 2 heteroatoms. The minimum Gasteiger partial charge on any atom is -0.228 e. The fourth-order valence-corrected chi connectivity index (χ4v) is 10.0. The second-order valence-corrected chi connectivity index (χ2v) is 16.0. The molecule has 1 spiro atoms. The van der Waals surface area contributed by atoms with Gasteiger partial charge in [-0.1, -0.05) is 212 Å². The van der Waals surface area contributed by atoms with Gasteiger partial charge >= 0.3 is 0 Å². The van der Waals surface area contributed by atoms with E-state index in [2.05, 4.69) is 231 Å². The van der Waals surface area contributed by atoms with Crippen molar-refractivity contribution in [1.82, 2.24) is 9.97 Å². The largest absolute Gasteiger partial charge is 0.228 e. The summed E-state index contributed by atoms with van der Waals surface area (Å²) < 4.78 is 0. The van der Waals surface area contributed by atoms with E-state index in [4.69, 9.17) is 9.97 Å². The number of aromatic nitrogens is 2. The van der Waals surface area contributed by atoms with E-state index in [1.54, 1.807) is 0 Å². The molecule has 0 saturated carbocycles. The Kier molecular flexibility index (Phi) is 8.11. The zero-order chi connectivity index (χ0) is 40.3. The number of rotatable bonds is 5. The summed E-state index contributed by atoms with van der Waals surface area (Å²) in [4.78, 5) is 10.8. The molecule has 0 bridgehead atoms. The zero-order valence-corrected chi connectivity index (χ0v) is 33.3. The van der Waals surface area contributed by atoms with E-state index in [1.165, 1.54) is 72.3 Å². The fourth-order valence-electron chi connectivity index (χ4n) is 10.0. The van der Waals surface area contributed by atoms with Gasteiger partial charge in [-0.3, -0.25) is 0 Å². The Morgan fingerprint density at radius 3 is 1.21 bits per heavy atom. The molecule has 2 aliphatic rings. The highest BCUT2D eigenvalue weighted by atomic mass is 14.9. The Bertz CT molecular complexity index is 3230. The second kappa shape index (κ2) is 14.1. The Balaban J connectivity index is 1.07. The van der Waals surface area contributed by atoms with Gasteiger partial charge in [0.15, 0.2) is 5.82 Å². The number of fused-ring (bicyclic) bond motifs is 12. The summed E-state index contributed by atoms with van der Waals surface area (Å²) in [7, 11) is 0. The van der Waals surface area contributed by atoms with Gasteiger partial charge in [-0.05, 0) is 96.1 Å². The molecule has 10 aromatic rings. The highest BCUT2D eigenvalue weighted by molar-refractivity contribution is 5.97. The first-order valence-corrected chi connectivity index (χ1v) is 21.0. The second-order valence-electron chi connectivity index (χ2n) is 16.0. The zero-order valence-electron chi connectivity index (χ0n) is 33.3. The maximum atomic E-state index is 5.39. The van der Waals surface area contributed by atoms with Crippen LogP contribution in [0.3, 0.4) is 0 Å². The quantitative estimate of drug-likeness (QED) is 0.174. The van der Waals surface area contributed by atoms with Crippen molar-refractivity contribution in [3.05, 3.63) is 253 Å². The molecular weight excluding hydrogens is 737 g/mol. The summed E-state index contributed by atoms with van der Waals surface area (Å²) >= 11 is 0. The summed E-state index contributed by atoms with van der Waals surface area (Å²) in [5, 5.41) is 0. The monoisotopic (exact) mass is 774 g/mol. The number of nitrogens with zero attached hydrogens (tertiary/aromatic N) is 2. The topological polar surface area (TPSA) is 25.8 Å². The van der Waals surface area contributed by atoms with Crippen molar-refractivity contribution in [2.75, 3.05) is 0 Å². The Hall–Kier alpha value is -7.94. The van der Waals surface area contributed by atoms with Gasteiger partial charge in [0.1, 0.15) is 0 Å². The van der Waals surface area contributed by atoms with Crippen LogP contribution in [0.25, 0.3) is 89.5 Å². The smallest absolute Gasteiger partial charge is 0.160 e. The molecule has 2 aliphatic carbocycles. The lowest BCUT2D eigenvalue weighted by Gasteiger charge is -2.35. The molecule has 9 aromatic carbocycles. The van der Waals surface area contributed by atoms with Gasteiger partial charge in [-0.2, -0.15) is 0 Å². The van der Waals surface area contributed by atoms with Crippen LogP contribution in [0.5, 0.6) is 0 Å². The lowest BCUT2D eigenvalue weighted by atomic mass is 9.66. The van der Waals surface area contributed by atoms with Crippen LogP contribution in [0.4, 0.5) is 0 Å². The summed E-state index contributed by atoms with van der Waals surface area (Å²) in [6, 6.07) is 83.5. The van der Waals surface area contributed by atoms with E-state index in [-0.39, 0.29) is 0 Å². The Morgan fingerprint density at radius 2 is 0.623 bits per heavy atom. The Labute approximate surface area is 356 Å². The van der Waals surface area contributed by atoms with Crippen LogP contribution < -0.4 is 0 Å². The SMILES string of the molecule is c1ccc(-c2ccc(-c3cc(-c4cccc(-c5ccccc5)c4)nc(-c4ccc5c(c4)-c4ccccc4C54c5ccccc5-c5ccccc5-c5ccccc54)n3)cc2)cc1. The predicted octanol–water partition coefficient (Wildman–Crippen LogP) is 14.8. The third-order valence-corrected chi connectivity index (χ3v) is 12.8. The molecule has 0 atom stereocenters. The van der Waals surface area contributed by atoms with Crippen LogP contribution in [0.1, 0.15) is 22.3 Å². The van der Waals surface area contributed by atoms with Crippen molar-refractivity contribution >= 4 is 0 Å². The van der Waals surface area contributed by atoms with Crippen LogP contribution in [0.15, 0.2) is 231 Å². The molecule has 0 aliphatic heterocycles. The van der Waals surface area contributed by atoms with E-state index in [0.717, 1.165) is 33.6 Å². The summed E-state index contributed by atoms with van der Waals surface area (Å²) in [5.74, 6) is 0.694. The van der Waals surface area contributed by atoms with Gasteiger partial charge in [0.2, 0.25) is 0 Å². The first-order valence-electron chi connectivity index (χ1n) is 21.0. The van der Waals surface area contributed by atoms with E-state index in [0.29, 0.717) is 5.82 Å². The first-order chi connectivity index (χ1) is 30.2. The van der Waals surface area contributed by atoms with E-state index < -0.39 is 5.41 Å². The first kappa shape index (κ1) is 35.0. The molecule has 0 N–H and O–H groups in total. The van der Waals surface area contributed by atoms with Crippen molar-refractivity contribution in [3.63, 3.8) is 0 Å². The van der Waals surface area contributed by atoms with Crippen LogP contribution in [-0.4, -0.2) is 9.97 Å². The number of hydrogen-bond donors (Lipinski definition) is 0. The molecule has 0 saturated heterocycles. The third kappa shape index (κ3) is 5.57. The van der Waals surface area contributed by atoms with Gasteiger partial charge in [0.25, 0.3) is 0 Å². The van der Waals surface area contributed by atoms with Crippen molar-refractivity contribution in [2.24, 2.45) is 0 Å². The average Bonchev–Trinajstić information content (AvgIpc) is 3.58. The molecule has 284 valence electrons. The molecule has 1 aromatic heterocycles. The van der Waals surface area contributed by atoms with E-state index in [1.807, 2.05) is 0 Å². The minimum absolute atomic E-state index is 0.539. The molecule has 0 unspecified atom stereocenters. The molecule has 61 heavy (non-hydrogen) atoms. The number of benzene rings is 9. The van der Waals surface area contributed by atoms with Gasteiger partial charge in [-0.25, -0.2) is 9.97 Å². The van der Waals surface area contributed by atoms with Crippen molar-refractivity contribution in [2.45, 2.75) is 5.41 Å². The molecule has 0 fully saturated rings. The lowest BCUT2D eigenvalue weighted by Crippen LogP contribution is -2.29.